The highest BCUT2D eigenvalue weighted by Crippen LogP contribution is 2.02. The van der Waals surface area contributed by atoms with Gasteiger partial charge in [0.1, 0.15) is 0 Å². The molecule has 190 valence electrons. The summed E-state index contributed by atoms with van der Waals surface area (Å²) in [6.07, 6.45) is 7.63. The molecule has 0 bridgehead atoms. The van der Waals surface area contributed by atoms with Crippen molar-refractivity contribution in [3.63, 3.8) is 0 Å². The molecule has 0 aliphatic heterocycles. The normalized spacial score (nSPS) is 8.45. The van der Waals surface area contributed by atoms with Crippen LogP contribution in [0.3, 0.4) is 0 Å². The number of unbranched alkanes of at least 4 members (excludes halogenated alkanes) is 2. The largest absolute Gasteiger partial charge is 0.106 e. The van der Waals surface area contributed by atoms with Gasteiger partial charge >= 0.3 is 0 Å². The van der Waals surface area contributed by atoms with Crippen molar-refractivity contribution in [3.05, 3.63) is 96.6 Å². The van der Waals surface area contributed by atoms with Crippen molar-refractivity contribution >= 4 is 0 Å². The summed E-state index contributed by atoms with van der Waals surface area (Å²) in [7, 11) is 0. The van der Waals surface area contributed by atoms with E-state index >= 15 is 0 Å². The minimum absolute atomic E-state index is 0.884. The Morgan fingerprint density at radius 1 is 0.727 bits per heavy atom. The predicted octanol–water partition coefficient (Wildman–Crippen LogP) is 11.6. The third-order valence-electron chi connectivity index (χ3n) is 4.80. The van der Waals surface area contributed by atoms with Crippen molar-refractivity contribution in [3.8, 4) is 0 Å². The van der Waals surface area contributed by atoms with Crippen molar-refractivity contribution in [2.45, 2.75) is 108 Å². The average Bonchev–Trinajstić information content (AvgIpc) is 2.85. The molecule has 0 aliphatic carbocycles. The van der Waals surface area contributed by atoms with Crippen molar-refractivity contribution < 1.29 is 0 Å². The maximum absolute atomic E-state index is 3.67. The van der Waals surface area contributed by atoms with Gasteiger partial charge in [0.05, 0.1) is 0 Å². The van der Waals surface area contributed by atoms with Crippen molar-refractivity contribution in [1.29, 1.82) is 0 Å². The first kappa shape index (κ1) is 38.2. The van der Waals surface area contributed by atoms with E-state index in [2.05, 4.69) is 131 Å². The number of hydrogen-bond acceptors (Lipinski definition) is 0. The molecule has 0 spiro atoms. The lowest BCUT2D eigenvalue weighted by atomic mass is 10.1. The molecular weight excluding hydrogens is 396 g/mol. The van der Waals surface area contributed by atoms with Gasteiger partial charge in [0.25, 0.3) is 0 Å². The Labute approximate surface area is 210 Å². The molecule has 0 heteroatoms. The molecule has 0 aromatic heterocycles. The average molecular weight is 455 g/mol. The lowest BCUT2D eigenvalue weighted by Crippen LogP contribution is -1.77. The third kappa shape index (κ3) is 37.6. The van der Waals surface area contributed by atoms with Crippen LogP contribution < -0.4 is 0 Å². The number of benzene rings is 2. The lowest BCUT2D eigenvalue weighted by molar-refractivity contribution is 0.626. The first-order valence-electron chi connectivity index (χ1n) is 12.9. The molecular formula is C33H58. The Morgan fingerprint density at radius 2 is 1.06 bits per heavy atom. The van der Waals surface area contributed by atoms with Gasteiger partial charge in [0.15, 0.2) is 0 Å². The molecule has 2 aromatic rings. The van der Waals surface area contributed by atoms with E-state index in [-0.39, 0.29) is 0 Å². The molecule has 0 N–H and O–H groups in total. The Balaban J connectivity index is -0.000000160. The van der Waals surface area contributed by atoms with Crippen molar-refractivity contribution in [2.24, 2.45) is 5.92 Å². The van der Waals surface area contributed by atoms with E-state index in [1.54, 1.807) is 0 Å². The summed E-state index contributed by atoms with van der Waals surface area (Å²) in [5.41, 5.74) is 5.40. The van der Waals surface area contributed by atoms with Gasteiger partial charge in [-0.1, -0.05) is 134 Å². The summed E-state index contributed by atoms with van der Waals surface area (Å²) in [4.78, 5) is 0. The Hall–Kier alpha value is -2.08. The quantitative estimate of drug-likeness (QED) is 0.394. The number of allylic oxidation sites excluding steroid dienone is 1. The minimum Gasteiger partial charge on any atom is -0.106 e. The maximum Gasteiger partial charge on any atom is -0.0307 e. The third-order valence-corrected chi connectivity index (χ3v) is 4.80. The Morgan fingerprint density at radius 3 is 1.21 bits per heavy atom. The second-order valence-electron chi connectivity index (χ2n) is 8.39. The molecule has 0 aliphatic rings. The topological polar surface area (TPSA) is 0 Å². The standard InChI is InChI=1S/2C8H10.C5H12.C5H10.C5H12.C2H4/c1-7-5-3-4-6-8(7)2;1-2-8-6-4-3-5-7-8;2*1-4-5(2)3;1-3-5-4-2;1-2/h3-6H,1-2H3;3-7H,2H2,1H3;5H,4H2,1-3H3;2,4H2,1,3H3;3-5H2,1-2H3;1-2H2. The molecule has 0 unspecified atom stereocenters. The molecule has 2 rings (SSSR count). The number of aryl methyl sites for hydroxylation is 3. The Kier molecular flexibility index (Phi) is 37.2. The van der Waals surface area contributed by atoms with Crippen LogP contribution in [0, 0.1) is 19.8 Å². The molecule has 2 aromatic carbocycles. The summed E-state index contributed by atoms with van der Waals surface area (Å²) in [5, 5.41) is 0. The zero-order chi connectivity index (χ0) is 26.5. The Bertz CT molecular complexity index is 584. The van der Waals surface area contributed by atoms with Gasteiger partial charge in [-0.05, 0) is 56.2 Å². The van der Waals surface area contributed by atoms with Gasteiger partial charge in [-0.3, -0.25) is 0 Å². The van der Waals surface area contributed by atoms with Crippen LogP contribution in [0.2, 0.25) is 0 Å². The molecule has 33 heavy (non-hydrogen) atoms. The van der Waals surface area contributed by atoms with Gasteiger partial charge in [0.2, 0.25) is 0 Å². The van der Waals surface area contributed by atoms with Crippen LogP contribution in [0.4, 0.5) is 0 Å². The minimum atomic E-state index is 0.884. The first-order valence-corrected chi connectivity index (χ1v) is 12.9. The van der Waals surface area contributed by atoms with Gasteiger partial charge in [0, 0.05) is 0 Å². The van der Waals surface area contributed by atoms with Gasteiger partial charge in [-0.2, -0.15) is 0 Å². The van der Waals surface area contributed by atoms with Gasteiger partial charge in [-0.25, -0.2) is 0 Å². The van der Waals surface area contributed by atoms with Crippen molar-refractivity contribution in [2.75, 3.05) is 0 Å². The second-order valence-corrected chi connectivity index (χ2v) is 8.39. The second kappa shape index (κ2) is 32.1. The van der Waals surface area contributed by atoms with Crippen molar-refractivity contribution in [1.82, 2.24) is 0 Å². The SMILES string of the molecule is C=C.C=C(C)CC.CCC(C)C.CCCCC.CCc1ccccc1.Cc1ccccc1C. The lowest BCUT2D eigenvalue weighted by Gasteiger charge is -1.93. The van der Waals surface area contributed by atoms with E-state index in [1.165, 1.54) is 47.9 Å². The zero-order valence-electron chi connectivity index (χ0n) is 24.1. The van der Waals surface area contributed by atoms with Crippen LogP contribution >= 0.6 is 0 Å². The summed E-state index contributed by atoms with van der Waals surface area (Å²) >= 11 is 0. The fourth-order valence-electron chi connectivity index (χ4n) is 1.73. The van der Waals surface area contributed by atoms with Crippen LogP contribution in [0.1, 0.15) is 104 Å². The molecule has 0 radical (unpaired) electrons. The van der Waals surface area contributed by atoms with E-state index in [0.717, 1.165) is 18.8 Å². The van der Waals surface area contributed by atoms with E-state index in [4.69, 9.17) is 0 Å². The summed E-state index contributed by atoms with van der Waals surface area (Å²) < 4.78 is 0. The summed E-state index contributed by atoms with van der Waals surface area (Å²) in [6, 6.07) is 18.8. The summed E-state index contributed by atoms with van der Waals surface area (Å²) in [6.45, 7) is 31.3. The predicted molar refractivity (Wildman–Crippen MR) is 158 cm³/mol. The molecule has 0 fully saturated rings. The van der Waals surface area contributed by atoms with E-state index in [1.807, 2.05) is 13.0 Å². The maximum atomic E-state index is 3.67. The van der Waals surface area contributed by atoms with Crippen LogP contribution in [-0.2, 0) is 6.42 Å². The zero-order valence-corrected chi connectivity index (χ0v) is 24.1. The smallest absolute Gasteiger partial charge is 0.0307 e. The summed E-state index contributed by atoms with van der Waals surface area (Å²) in [5.74, 6) is 0.884. The highest BCUT2D eigenvalue weighted by molar-refractivity contribution is 5.23. The monoisotopic (exact) mass is 454 g/mol. The number of hydrogen-bond donors (Lipinski definition) is 0. The molecule has 0 atom stereocenters. The van der Waals surface area contributed by atoms with Crippen LogP contribution in [0.15, 0.2) is 79.9 Å². The molecule has 0 saturated heterocycles. The van der Waals surface area contributed by atoms with E-state index < -0.39 is 0 Å². The van der Waals surface area contributed by atoms with E-state index in [9.17, 15) is 0 Å². The highest BCUT2D eigenvalue weighted by Gasteiger charge is 1.84. The first-order chi connectivity index (χ1) is 15.7. The highest BCUT2D eigenvalue weighted by atomic mass is 13.9. The number of rotatable bonds is 5. The molecule has 0 amide bonds. The fraction of sp³-hybridized carbons (Fsp3) is 0.515. The van der Waals surface area contributed by atoms with E-state index in [0.29, 0.717) is 0 Å². The fourth-order valence-corrected chi connectivity index (χ4v) is 1.73. The van der Waals surface area contributed by atoms with Crippen LogP contribution in [0.25, 0.3) is 0 Å². The molecule has 0 heterocycles. The molecule has 0 nitrogen and oxygen atoms in total. The van der Waals surface area contributed by atoms with Gasteiger partial charge in [-0.15, -0.1) is 19.7 Å². The van der Waals surface area contributed by atoms with Crippen LogP contribution in [-0.4, -0.2) is 0 Å². The van der Waals surface area contributed by atoms with Gasteiger partial charge < -0.3 is 0 Å². The van der Waals surface area contributed by atoms with Crippen LogP contribution in [0.5, 0.6) is 0 Å². The molecule has 0 saturated carbocycles.